The summed E-state index contributed by atoms with van der Waals surface area (Å²) in [4.78, 5) is 53.0. The van der Waals surface area contributed by atoms with E-state index < -0.39 is 23.8 Å². The Hall–Kier alpha value is -3.60. The Bertz CT molecular complexity index is 1120. The third-order valence-electron chi connectivity index (χ3n) is 5.16. The molecule has 2 amide bonds. The third kappa shape index (κ3) is 6.01. The van der Waals surface area contributed by atoms with E-state index in [0.29, 0.717) is 17.9 Å². The molecule has 1 fully saturated rings. The van der Waals surface area contributed by atoms with Crippen LogP contribution in [0.4, 0.5) is 17.2 Å². The number of carbonyl (C=O) groups excluding carboxylic acids is 2. The monoisotopic (exact) mass is 459 g/mol. The van der Waals surface area contributed by atoms with Crippen molar-refractivity contribution < 1.29 is 19.1 Å². The first-order valence-corrected chi connectivity index (χ1v) is 10.8. The number of carbonyl (C=O) groups is 2. The molecule has 0 radical (unpaired) electrons. The van der Waals surface area contributed by atoms with Crippen LogP contribution in [0.3, 0.4) is 0 Å². The van der Waals surface area contributed by atoms with Crippen LogP contribution in [0.2, 0.25) is 0 Å². The average Bonchev–Trinajstić information content (AvgIpc) is 3.63. The first kappa shape index (κ1) is 24.1. The van der Waals surface area contributed by atoms with Gasteiger partial charge in [-0.3, -0.25) is 28.8 Å². The predicted octanol–water partition coefficient (Wildman–Crippen LogP) is 0.936. The topological polar surface area (TPSA) is 149 Å². The Kier molecular flexibility index (Phi) is 7.88. The molecule has 0 aliphatic heterocycles. The van der Waals surface area contributed by atoms with Crippen LogP contribution in [0.15, 0.2) is 33.9 Å². The van der Waals surface area contributed by atoms with Crippen LogP contribution in [0.1, 0.15) is 26.2 Å². The van der Waals surface area contributed by atoms with Crippen molar-refractivity contribution in [1.29, 1.82) is 0 Å². The Morgan fingerprint density at radius 1 is 1.30 bits per heavy atom. The molecule has 0 saturated heterocycles. The lowest BCUT2D eigenvalue weighted by Gasteiger charge is -2.24. The summed E-state index contributed by atoms with van der Waals surface area (Å²) in [5, 5.41) is 2.82. The maximum atomic E-state index is 13.0. The first-order chi connectivity index (χ1) is 15.8. The highest BCUT2D eigenvalue weighted by molar-refractivity contribution is 5.96. The number of hydrogen-bond donors (Lipinski definition) is 3. The van der Waals surface area contributed by atoms with Crippen LogP contribution < -0.4 is 31.9 Å². The van der Waals surface area contributed by atoms with E-state index in [-0.39, 0.29) is 43.0 Å². The van der Waals surface area contributed by atoms with Crippen molar-refractivity contribution in [2.75, 3.05) is 42.8 Å². The molecule has 33 heavy (non-hydrogen) atoms. The van der Waals surface area contributed by atoms with Crippen LogP contribution in [-0.4, -0.2) is 48.2 Å². The molecule has 11 heteroatoms. The number of benzene rings is 1. The number of amides is 2. The summed E-state index contributed by atoms with van der Waals surface area (Å²) < 4.78 is 11.9. The van der Waals surface area contributed by atoms with Crippen LogP contribution in [0.25, 0.3) is 0 Å². The van der Waals surface area contributed by atoms with Crippen molar-refractivity contribution in [1.82, 2.24) is 9.55 Å². The van der Waals surface area contributed by atoms with Gasteiger partial charge in [-0.1, -0.05) is 13.0 Å². The van der Waals surface area contributed by atoms with Crippen LogP contribution in [-0.2, 0) is 20.9 Å². The standard InChI is InChI=1S/C22H29N5O6/c1-3-9-27-19(23)18(21(30)25-22(27)31)26(10-11-32-2)17(28)13-33-16-6-4-5-15(12-16)24-20(29)14-7-8-14/h4-6,12,14H,3,7-11,13,23H2,1-2H3,(H,24,29)(H,25,30,31). The summed E-state index contributed by atoms with van der Waals surface area (Å²) in [6.07, 6.45) is 2.39. The Morgan fingerprint density at radius 2 is 2.06 bits per heavy atom. The van der Waals surface area contributed by atoms with Gasteiger partial charge in [0.05, 0.1) is 6.61 Å². The van der Waals surface area contributed by atoms with Crippen molar-refractivity contribution in [3.8, 4) is 5.75 Å². The number of hydrogen-bond acceptors (Lipinski definition) is 7. The lowest BCUT2D eigenvalue weighted by atomic mass is 10.3. The molecule has 0 atom stereocenters. The van der Waals surface area contributed by atoms with Gasteiger partial charge >= 0.3 is 5.69 Å². The minimum atomic E-state index is -0.765. The van der Waals surface area contributed by atoms with Gasteiger partial charge in [-0.15, -0.1) is 0 Å². The zero-order chi connectivity index (χ0) is 24.0. The van der Waals surface area contributed by atoms with Crippen molar-refractivity contribution in [3.63, 3.8) is 0 Å². The number of H-pyrrole nitrogens is 1. The smallest absolute Gasteiger partial charge is 0.330 e. The number of ether oxygens (including phenoxy) is 2. The van der Waals surface area contributed by atoms with Crippen molar-refractivity contribution in [2.45, 2.75) is 32.7 Å². The van der Waals surface area contributed by atoms with Crippen LogP contribution in [0, 0.1) is 5.92 Å². The van der Waals surface area contributed by atoms with E-state index in [2.05, 4.69) is 10.3 Å². The van der Waals surface area contributed by atoms with Gasteiger partial charge < -0.3 is 20.5 Å². The number of rotatable bonds is 11. The molecule has 1 aliphatic rings. The zero-order valence-electron chi connectivity index (χ0n) is 18.8. The van der Waals surface area contributed by atoms with E-state index in [1.54, 1.807) is 24.3 Å². The quantitative estimate of drug-likeness (QED) is 0.453. The summed E-state index contributed by atoms with van der Waals surface area (Å²) in [5.74, 6) is -0.240. The first-order valence-electron chi connectivity index (χ1n) is 10.8. The van der Waals surface area contributed by atoms with Gasteiger partial charge in [0.1, 0.15) is 11.6 Å². The molecule has 1 aliphatic carbocycles. The minimum Gasteiger partial charge on any atom is -0.484 e. The minimum absolute atomic E-state index is 0.0355. The number of methoxy groups -OCH3 is 1. The highest BCUT2D eigenvalue weighted by Crippen LogP contribution is 2.30. The van der Waals surface area contributed by atoms with Gasteiger partial charge in [-0.05, 0) is 31.4 Å². The zero-order valence-corrected chi connectivity index (χ0v) is 18.8. The number of aromatic amines is 1. The number of nitrogens with one attached hydrogen (secondary N) is 2. The number of nitrogens with zero attached hydrogens (tertiary/aromatic N) is 2. The third-order valence-corrected chi connectivity index (χ3v) is 5.16. The van der Waals surface area contributed by atoms with E-state index in [1.807, 2.05) is 6.92 Å². The molecule has 178 valence electrons. The van der Waals surface area contributed by atoms with Gasteiger partial charge in [0, 0.05) is 37.9 Å². The second kappa shape index (κ2) is 10.8. The number of nitrogens with two attached hydrogens (primary N) is 1. The Balaban J connectivity index is 1.78. The molecular formula is C22H29N5O6. The maximum absolute atomic E-state index is 13.0. The largest absolute Gasteiger partial charge is 0.484 e. The molecular weight excluding hydrogens is 430 g/mol. The van der Waals surface area contributed by atoms with Crippen molar-refractivity contribution in [2.24, 2.45) is 5.92 Å². The maximum Gasteiger partial charge on any atom is 0.330 e. The van der Waals surface area contributed by atoms with Gasteiger partial charge in [-0.25, -0.2) is 4.79 Å². The normalized spacial score (nSPS) is 12.9. The number of nitrogen functional groups attached to an aromatic ring is 1. The summed E-state index contributed by atoms with van der Waals surface area (Å²) in [6, 6.07) is 6.71. The highest BCUT2D eigenvalue weighted by atomic mass is 16.5. The molecule has 1 aromatic heterocycles. The van der Waals surface area contributed by atoms with E-state index in [9.17, 15) is 19.2 Å². The van der Waals surface area contributed by atoms with Gasteiger partial charge in [0.25, 0.3) is 11.5 Å². The molecule has 1 aromatic carbocycles. The van der Waals surface area contributed by atoms with E-state index in [0.717, 1.165) is 17.7 Å². The average molecular weight is 460 g/mol. The summed E-state index contributed by atoms with van der Waals surface area (Å²) in [5.41, 5.74) is 5.16. The fourth-order valence-electron chi connectivity index (χ4n) is 3.30. The van der Waals surface area contributed by atoms with Gasteiger partial charge in [0.15, 0.2) is 12.3 Å². The van der Waals surface area contributed by atoms with E-state index in [1.165, 1.54) is 11.7 Å². The Morgan fingerprint density at radius 3 is 2.73 bits per heavy atom. The van der Waals surface area contributed by atoms with Crippen LogP contribution in [0.5, 0.6) is 5.75 Å². The lowest BCUT2D eigenvalue weighted by Crippen LogP contribution is -2.44. The van der Waals surface area contributed by atoms with E-state index >= 15 is 0 Å². The number of aromatic nitrogens is 2. The summed E-state index contributed by atoms with van der Waals surface area (Å²) in [6.45, 7) is 1.93. The summed E-state index contributed by atoms with van der Waals surface area (Å²) in [7, 11) is 1.46. The molecule has 0 spiro atoms. The molecule has 4 N–H and O–H groups in total. The predicted molar refractivity (Wildman–Crippen MR) is 124 cm³/mol. The summed E-state index contributed by atoms with van der Waals surface area (Å²) >= 11 is 0. The number of anilines is 3. The van der Waals surface area contributed by atoms with Crippen molar-refractivity contribution in [3.05, 3.63) is 45.1 Å². The Labute approximate surface area is 190 Å². The van der Waals surface area contributed by atoms with E-state index in [4.69, 9.17) is 15.2 Å². The molecule has 2 aromatic rings. The molecule has 3 rings (SSSR count). The van der Waals surface area contributed by atoms with Crippen LogP contribution >= 0.6 is 0 Å². The molecule has 1 saturated carbocycles. The van der Waals surface area contributed by atoms with Crippen molar-refractivity contribution >= 4 is 29.0 Å². The second-order valence-electron chi connectivity index (χ2n) is 7.76. The molecule has 0 bridgehead atoms. The highest BCUT2D eigenvalue weighted by Gasteiger charge is 2.29. The SMILES string of the molecule is CCCn1c(N)c(N(CCOC)C(=O)COc2cccc(NC(=O)C3CC3)c2)c(=O)[nH]c1=O. The lowest BCUT2D eigenvalue weighted by molar-refractivity contribution is -0.120. The fourth-order valence-corrected chi connectivity index (χ4v) is 3.30. The van der Waals surface area contributed by atoms with Gasteiger partial charge in [-0.2, -0.15) is 0 Å². The van der Waals surface area contributed by atoms with Gasteiger partial charge in [0.2, 0.25) is 5.91 Å². The molecule has 1 heterocycles. The fraction of sp³-hybridized carbons (Fsp3) is 0.455. The molecule has 11 nitrogen and oxygen atoms in total. The second-order valence-corrected chi connectivity index (χ2v) is 7.76. The molecule has 0 unspecified atom stereocenters.